The minimum Gasteiger partial charge on any atom is -0.493 e. The van der Waals surface area contributed by atoms with E-state index in [2.05, 4.69) is 27.5 Å². The van der Waals surface area contributed by atoms with E-state index in [1.54, 1.807) is 24.4 Å². The Labute approximate surface area is 159 Å². The van der Waals surface area contributed by atoms with E-state index in [0.29, 0.717) is 28.9 Å². The summed E-state index contributed by atoms with van der Waals surface area (Å²) in [6.07, 6.45) is 4.86. The summed E-state index contributed by atoms with van der Waals surface area (Å²) in [6, 6.07) is 4.87. The number of benzene rings is 1. The molecule has 146 valence electrons. The van der Waals surface area contributed by atoms with E-state index in [1.165, 1.54) is 21.3 Å². The maximum Gasteiger partial charge on any atom is 0.274 e. The lowest BCUT2D eigenvalue weighted by Crippen LogP contribution is -2.16. The number of hydrogen-bond donors (Lipinski definition) is 2. The van der Waals surface area contributed by atoms with Gasteiger partial charge in [0.1, 0.15) is 5.69 Å². The van der Waals surface area contributed by atoms with E-state index in [-0.39, 0.29) is 11.6 Å². The average Bonchev–Trinajstić information content (AvgIpc) is 2.70. The zero-order valence-corrected chi connectivity index (χ0v) is 16.2. The first-order valence-electron chi connectivity index (χ1n) is 8.81. The number of unbranched alkanes of at least 4 members (excludes halogenated alkanes) is 2. The molecule has 0 aliphatic carbocycles. The van der Waals surface area contributed by atoms with Crippen molar-refractivity contribution in [2.75, 3.05) is 38.5 Å². The van der Waals surface area contributed by atoms with Crippen molar-refractivity contribution >= 4 is 17.5 Å². The topological polar surface area (TPSA) is 94.6 Å². The Morgan fingerprint density at radius 2 is 1.78 bits per heavy atom. The van der Waals surface area contributed by atoms with Gasteiger partial charge >= 0.3 is 0 Å². The van der Waals surface area contributed by atoms with Crippen LogP contribution in [0.1, 0.15) is 36.7 Å². The van der Waals surface area contributed by atoms with Crippen LogP contribution in [0, 0.1) is 0 Å². The highest BCUT2D eigenvalue weighted by Gasteiger charge is 2.16. The quantitative estimate of drug-likeness (QED) is 0.616. The largest absolute Gasteiger partial charge is 0.493 e. The molecule has 2 N–H and O–H groups in total. The van der Waals surface area contributed by atoms with Crippen LogP contribution in [0.5, 0.6) is 17.2 Å². The molecule has 0 bridgehead atoms. The predicted octanol–water partition coefficient (Wildman–Crippen LogP) is 3.36. The van der Waals surface area contributed by atoms with Crippen molar-refractivity contribution in [3.8, 4) is 17.2 Å². The van der Waals surface area contributed by atoms with Crippen LogP contribution in [-0.4, -0.2) is 43.7 Å². The summed E-state index contributed by atoms with van der Waals surface area (Å²) in [7, 11) is 4.56. The third kappa shape index (κ3) is 5.47. The number of carbonyl (C=O) groups excluding carboxylic acids is 1. The van der Waals surface area contributed by atoms with Crippen LogP contribution in [0.3, 0.4) is 0 Å². The van der Waals surface area contributed by atoms with Gasteiger partial charge in [-0.05, 0) is 12.5 Å². The van der Waals surface area contributed by atoms with Crippen LogP contribution in [0.4, 0.5) is 11.6 Å². The van der Waals surface area contributed by atoms with Crippen LogP contribution >= 0.6 is 0 Å². The fraction of sp³-hybridized carbons (Fsp3) is 0.421. The Bertz CT molecular complexity index is 742. The molecular formula is C19H26N4O4. The van der Waals surface area contributed by atoms with E-state index in [9.17, 15) is 4.79 Å². The molecule has 2 aromatic rings. The minimum atomic E-state index is -0.358. The Morgan fingerprint density at radius 1 is 1.07 bits per heavy atom. The standard InChI is InChI=1S/C19H26N4O4/c1-5-6-7-9-20-19-21-10-8-14(23-19)18(24)22-13-11-15(25-2)17(27-4)16(12-13)26-3/h8,10-12H,5-7,9H2,1-4H3,(H,22,24)(H,20,21,23). The molecule has 0 aliphatic heterocycles. The maximum absolute atomic E-state index is 12.6. The highest BCUT2D eigenvalue weighted by Crippen LogP contribution is 2.39. The number of nitrogens with zero attached hydrogens (tertiary/aromatic N) is 2. The highest BCUT2D eigenvalue weighted by molar-refractivity contribution is 6.03. The summed E-state index contributed by atoms with van der Waals surface area (Å²) in [5, 5.41) is 5.92. The first kappa shape index (κ1) is 20.3. The Balaban J connectivity index is 2.13. The fourth-order valence-electron chi connectivity index (χ4n) is 2.49. The molecule has 0 saturated heterocycles. The van der Waals surface area contributed by atoms with Gasteiger partial charge in [-0.2, -0.15) is 0 Å². The monoisotopic (exact) mass is 374 g/mol. The third-order valence-corrected chi connectivity index (χ3v) is 3.87. The second-order valence-electron chi connectivity index (χ2n) is 5.77. The predicted molar refractivity (Wildman–Crippen MR) is 104 cm³/mol. The fourth-order valence-corrected chi connectivity index (χ4v) is 2.49. The SMILES string of the molecule is CCCCCNc1nccc(C(=O)Nc2cc(OC)c(OC)c(OC)c2)n1. The molecular weight excluding hydrogens is 348 g/mol. The first-order chi connectivity index (χ1) is 13.1. The molecule has 0 radical (unpaired) electrons. The lowest BCUT2D eigenvalue weighted by Gasteiger charge is -2.14. The number of rotatable bonds is 10. The summed E-state index contributed by atoms with van der Waals surface area (Å²) in [4.78, 5) is 21.0. The number of amides is 1. The highest BCUT2D eigenvalue weighted by atomic mass is 16.5. The second-order valence-corrected chi connectivity index (χ2v) is 5.77. The molecule has 0 atom stereocenters. The molecule has 27 heavy (non-hydrogen) atoms. The van der Waals surface area contributed by atoms with Crippen molar-refractivity contribution in [3.05, 3.63) is 30.1 Å². The number of hydrogen-bond acceptors (Lipinski definition) is 7. The molecule has 1 amide bonds. The molecule has 0 fully saturated rings. The van der Waals surface area contributed by atoms with E-state index in [0.717, 1.165) is 25.8 Å². The zero-order valence-electron chi connectivity index (χ0n) is 16.2. The number of nitrogens with one attached hydrogen (secondary N) is 2. The van der Waals surface area contributed by atoms with Gasteiger partial charge < -0.3 is 24.8 Å². The Hall–Kier alpha value is -3.03. The van der Waals surface area contributed by atoms with Crippen molar-refractivity contribution in [2.45, 2.75) is 26.2 Å². The molecule has 0 unspecified atom stereocenters. The lowest BCUT2D eigenvalue weighted by molar-refractivity contribution is 0.102. The Morgan fingerprint density at radius 3 is 2.37 bits per heavy atom. The number of carbonyl (C=O) groups is 1. The van der Waals surface area contributed by atoms with Crippen molar-refractivity contribution in [1.29, 1.82) is 0 Å². The molecule has 1 heterocycles. The van der Waals surface area contributed by atoms with Crippen LogP contribution in [0.2, 0.25) is 0 Å². The van der Waals surface area contributed by atoms with E-state index in [4.69, 9.17) is 14.2 Å². The van der Waals surface area contributed by atoms with Crippen LogP contribution in [-0.2, 0) is 0 Å². The summed E-state index contributed by atoms with van der Waals surface area (Å²) >= 11 is 0. The van der Waals surface area contributed by atoms with Gasteiger partial charge in [0.15, 0.2) is 11.5 Å². The molecule has 1 aromatic carbocycles. The summed E-state index contributed by atoms with van der Waals surface area (Å²) < 4.78 is 15.9. The summed E-state index contributed by atoms with van der Waals surface area (Å²) in [5.41, 5.74) is 0.766. The van der Waals surface area contributed by atoms with Crippen molar-refractivity contribution in [3.63, 3.8) is 0 Å². The van der Waals surface area contributed by atoms with Gasteiger partial charge in [0, 0.05) is 30.6 Å². The normalized spacial score (nSPS) is 10.2. The summed E-state index contributed by atoms with van der Waals surface area (Å²) in [5.74, 6) is 1.44. The van der Waals surface area contributed by atoms with E-state index in [1.807, 2.05) is 0 Å². The summed E-state index contributed by atoms with van der Waals surface area (Å²) in [6.45, 7) is 2.91. The number of methoxy groups -OCH3 is 3. The molecule has 1 aromatic heterocycles. The van der Waals surface area contributed by atoms with Gasteiger partial charge in [0.2, 0.25) is 11.7 Å². The molecule has 0 spiro atoms. The number of ether oxygens (including phenoxy) is 3. The van der Waals surface area contributed by atoms with E-state index >= 15 is 0 Å². The second kappa shape index (κ2) is 10.2. The van der Waals surface area contributed by atoms with Gasteiger partial charge in [0.05, 0.1) is 21.3 Å². The molecule has 8 heteroatoms. The van der Waals surface area contributed by atoms with Crippen LogP contribution < -0.4 is 24.8 Å². The lowest BCUT2D eigenvalue weighted by atomic mass is 10.2. The van der Waals surface area contributed by atoms with Gasteiger partial charge in [-0.25, -0.2) is 9.97 Å². The molecule has 0 aliphatic rings. The van der Waals surface area contributed by atoms with Crippen LogP contribution in [0.15, 0.2) is 24.4 Å². The van der Waals surface area contributed by atoms with Gasteiger partial charge in [-0.15, -0.1) is 0 Å². The maximum atomic E-state index is 12.6. The molecule has 0 saturated carbocycles. The van der Waals surface area contributed by atoms with Gasteiger partial charge in [-0.3, -0.25) is 4.79 Å². The van der Waals surface area contributed by atoms with Crippen molar-refractivity contribution in [2.24, 2.45) is 0 Å². The number of aromatic nitrogens is 2. The smallest absolute Gasteiger partial charge is 0.274 e. The van der Waals surface area contributed by atoms with Crippen LogP contribution in [0.25, 0.3) is 0 Å². The first-order valence-corrected chi connectivity index (χ1v) is 8.81. The van der Waals surface area contributed by atoms with Gasteiger partial charge in [0.25, 0.3) is 5.91 Å². The zero-order chi connectivity index (χ0) is 19.6. The van der Waals surface area contributed by atoms with Crippen molar-refractivity contribution < 1.29 is 19.0 Å². The molecule has 2 rings (SSSR count). The minimum absolute atomic E-state index is 0.261. The number of anilines is 2. The van der Waals surface area contributed by atoms with Gasteiger partial charge in [-0.1, -0.05) is 19.8 Å². The average molecular weight is 374 g/mol. The van der Waals surface area contributed by atoms with E-state index < -0.39 is 0 Å². The Kier molecular flexibility index (Phi) is 7.66. The molecule has 8 nitrogen and oxygen atoms in total. The van der Waals surface area contributed by atoms with Crippen molar-refractivity contribution in [1.82, 2.24) is 9.97 Å². The third-order valence-electron chi connectivity index (χ3n) is 3.87.